The average molecular weight is 299 g/mol. The summed E-state index contributed by atoms with van der Waals surface area (Å²) in [4.78, 5) is 16.4. The molecule has 1 N–H and O–H groups in total. The maximum atomic E-state index is 12.1. The van der Waals surface area contributed by atoms with Crippen molar-refractivity contribution >= 4 is 5.91 Å². The Hall–Kier alpha value is -2.30. The molecule has 0 fully saturated rings. The molecule has 22 heavy (non-hydrogen) atoms. The zero-order valence-corrected chi connectivity index (χ0v) is 12.8. The number of aryl methyl sites for hydroxylation is 2. The van der Waals surface area contributed by atoms with Crippen LogP contribution in [0.4, 0.5) is 0 Å². The number of carbonyl (C=O) groups is 1. The Labute approximate surface area is 130 Å². The Morgan fingerprint density at radius 1 is 1.41 bits per heavy atom. The number of imidazole rings is 1. The number of hydrogen-bond acceptors (Lipinski definition) is 3. The van der Waals surface area contributed by atoms with Crippen molar-refractivity contribution in [2.45, 2.75) is 38.3 Å². The fourth-order valence-electron chi connectivity index (χ4n) is 2.83. The van der Waals surface area contributed by atoms with Gasteiger partial charge in [-0.25, -0.2) is 4.98 Å². The molecule has 0 bridgehead atoms. The molecule has 1 aromatic heterocycles. The second kappa shape index (κ2) is 6.64. The van der Waals surface area contributed by atoms with E-state index in [9.17, 15) is 4.79 Å². The van der Waals surface area contributed by atoms with E-state index in [0.29, 0.717) is 6.42 Å². The number of carbonyl (C=O) groups excluding carboxylic acids is 1. The highest BCUT2D eigenvalue weighted by molar-refractivity contribution is 5.76. The molecule has 1 amide bonds. The van der Waals surface area contributed by atoms with Crippen LogP contribution in [0.15, 0.2) is 36.7 Å². The molecule has 1 aromatic carbocycles. The molecule has 5 heteroatoms. The highest BCUT2D eigenvalue weighted by atomic mass is 16.5. The molecule has 1 aliphatic heterocycles. The van der Waals surface area contributed by atoms with Crippen LogP contribution in [0.25, 0.3) is 0 Å². The summed E-state index contributed by atoms with van der Waals surface area (Å²) in [7, 11) is 1.65. The number of amides is 1. The van der Waals surface area contributed by atoms with Crippen molar-refractivity contribution in [3.8, 4) is 5.75 Å². The molecule has 2 aromatic rings. The van der Waals surface area contributed by atoms with E-state index in [4.69, 9.17) is 4.74 Å². The summed E-state index contributed by atoms with van der Waals surface area (Å²) in [5.41, 5.74) is 1.15. The minimum absolute atomic E-state index is 0.115. The zero-order valence-electron chi connectivity index (χ0n) is 12.8. The van der Waals surface area contributed by atoms with Gasteiger partial charge in [-0.1, -0.05) is 12.1 Å². The van der Waals surface area contributed by atoms with E-state index in [1.54, 1.807) is 7.11 Å². The van der Waals surface area contributed by atoms with Gasteiger partial charge in [0.25, 0.3) is 0 Å². The molecule has 3 rings (SSSR count). The predicted octanol–water partition coefficient (Wildman–Crippen LogP) is 1.96. The summed E-state index contributed by atoms with van der Waals surface area (Å²) in [6, 6.07) is 8.07. The largest absolute Gasteiger partial charge is 0.497 e. The first-order valence-electron chi connectivity index (χ1n) is 7.67. The van der Waals surface area contributed by atoms with Crippen LogP contribution in [-0.4, -0.2) is 28.6 Å². The minimum atomic E-state index is 0.115. The van der Waals surface area contributed by atoms with Gasteiger partial charge in [0.1, 0.15) is 11.6 Å². The van der Waals surface area contributed by atoms with E-state index < -0.39 is 0 Å². The van der Waals surface area contributed by atoms with E-state index in [0.717, 1.165) is 42.9 Å². The van der Waals surface area contributed by atoms with Crippen LogP contribution in [0, 0.1) is 0 Å². The highest BCUT2D eigenvalue weighted by Crippen LogP contribution is 2.14. The quantitative estimate of drug-likeness (QED) is 0.918. The van der Waals surface area contributed by atoms with Gasteiger partial charge in [-0.15, -0.1) is 0 Å². The van der Waals surface area contributed by atoms with Gasteiger partial charge in [-0.2, -0.15) is 0 Å². The van der Waals surface area contributed by atoms with E-state index in [1.165, 1.54) is 0 Å². The second-order valence-electron chi connectivity index (χ2n) is 5.65. The standard InChI is InChI=1S/C17H21N3O2/c1-22-15-6-2-13(3-7-15)4-9-17(21)19-14-5-8-16-18-10-11-20(16)12-14/h2-3,6-7,10-11,14H,4-5,8-9,12H2,1H3,(H,19,21)/t14-/m1/s1. The third-order valence-corrected chi connectivity index (χ3v) is 4.10. The van der Waals surface area contributed by atoms with Crippen LogP contribution < -0.4 is 10.1 Å². The lowest BCUT2D eigenvalue weighted by Crippen LogP contribution is -2.40. The molecule has 0 saturated heterocycles. The summed E-state index contributed by atoms with van der Waals surface area (Å²) >= 11 is 0. The zero-order chi connectivity index (χ0) is 15.4. The van der Waals surface area contributed by atoms with Crippen molar-refractivity contribution in [1.29, 1.82) is 0 Å². The Balaban J connectivity index is 1.46. The van der Waals surface area contributed by atoms with Crippen LogP contribution in [0.5, 0.6) is 5.75 Å². The number of nitrogens with one attached hydrogen (secondary N) is 1. The molecule has 2 heterocycles. The highest BCUT2D eigenvalue weighted by Gasteiger charge is 2.19. The number of hydrogen-bond donors (Lipinski definition) is 1. The molecule has 1 atom stereocenters. The smallest absolute Gasteiger partial charge is 0.220 e. The number of rotatable bonds is 5. The number of methoxy groups -OCH3 is 1. The van der Waals surface area contributed by atoms with Gasteiger partial charge >= 0.3 is 0 Å². The van der Waals surface area contributed by atoms with Crippen LogP contribution in [0.2, 0.25) is 0 Å². The summed E-state index contributed by atoms with van der Waals surface area (Å²) in [5, 5.41) is 3.13. The molecule has 0 spiro atoms. The predicted molar refractivity (Wildman–Crippen MR) is 83.8 cm³/mol. The first-order chi connectivity index (χ1) is 10.7. The summed E-state index contributed by atoms with van der Waals surface area (Å²) in [6.07, 6.45) is 6.95. The van der Waals surface area contributed by atoms with Gasteiger partial charge in [-0.05, 0) is 30.5 Å². The maximum absolute atomic E-state index is 12.1. The molecule has 0 saturated carbocycles. The molecule has 0 unspecified atom stereocenters. The fraction of sp³-hybridized carbons (Fsp3) is 0.412. The number of ether oxygens (including phenoxy) is 1. The fourth-order valence-corrected chi connectivity index (χ4v) is 2.83. The van der Waals surface area contributed by atoms with Crippen LogP contribution >= 0.6 is 0 Å². The molecule has 116 valence electrons. The molecular formula is C17H21N3O2. The van der Waals surface area contributed by atoms with Crippen molar-refractivity contribution in [2.75, 3.05) is 7.11 Å². The van der Waals surface area contributed by atoms with Crippen molar-refractivity contribution in [3.63, 3.8) is 0 Å². The third kappa shape index (κ3) is 3.47. The van der Waals surface area contributed by atoms with Crippen LogP contribution in [0.1, 0.15) is 24.2 Å². The van der Waals surface area contributed by atoms with Crippen LogP contribution in [0.3, 0.4) is 0 Å². The van der Waals surface area contributed by atoms with Gasteiger partial charge in [0.05, 0.1) is 7.11 Å². The monoisotopic (exact) mass is 299 g/mol. The minimum Gasteiger partial charge on any atom is -0.497 e. The van der Waals surface area contributed by atoms with Crippen molar-refractivity contribution in [3.05, 3.63) is 48.0 Å². The lowest BCUT2D eigenvalue weighted by atomic mass is 10.1. The normalized spacial score (nSPS) is 16.9. The molecule has 0 radical (unpaired) electrons. The number of fused-ring (bicyclic) bond motifs is 1. The van der Waals surface area contributed by atoms with Gasteiger partial charge < -0.3 is 14.6 Å². The first-order valence-corrected chi connectivity index (χ1v) is 7.67. The van der Waals surface area contributed by atoms with E-state index in [1.807, 2.05) is 36.7 Å². The Morgan fingerprint density at radius 3 is 3.00 bits per heavy atom. The summed E-state index contributed by atoms with van der Waals surface area (Å²) < 4.78 is 7.25. The number of benzene rings is 1. The van der Waals surface area contributed by atoms with Gasteiger partial charge in [-0.3, -0.25) is 4.79 Å². The van der Waals surface area contributed by atoms with E-state index in [-0.39, 0.29) is 11.9 Å². The molecular weight excluding hydrogens is 278 g/mol. The van der Waals surface area contributed by atoms with Crippen molar-refractivity contribution in [1.82, 2.24) is 14.9 Å². The van der Waals surface area contributed by atoms with E-state index in [2.05, 4.69) is 14.9 Å². The Bertz CT molecular complexity index is 634. The average Bonchev–Trinajstić information content (AvgIpc) is 3.01. The summed E-state index contributed by atoms with van der Waals surface area (Å²) in [5.74, 6) is 2.07. The number of aromatic nitrogens is 2. The van der Waals surface area contributed by atoms with Gasteiger partial charge in [0.2, 0.25) is 5.91 Å². The van der Waals surface area contributed by atoms with Gasteiger partial charge in [0.15, 0.2) is 0 Å². The SMILES string of the molecule is COc1ccc(CCC(=O)N[C@@H]2CCc3nccn3C2)cc1. The van der Waals surface area contributed by atoms with Crippen molar-refractivity contribution < 1.29 is 9.53 Å². The number of nitrogens with zero attached hydrogens (tertiary/aromatic N) is 2. The van der Waals surface area contributed by atoms with Gasteiger partial charge in [0, 0.05) is 37.8 Å². The Kier molecular flexibility index (Phi) is 4.42. The van der Waals surface area contributed by atoms with E-state index >= 15 is 0 Å². The Morgan fingerprint density at radius 2 is 2.23 bits per heavy atom. The lowest BCUT2D eigenvalue weighted by Gasteiger charge is -2.24. The molecule has 0 aliphatic carbocycles. The first kappa shape index (κ1) is 14.6. The van der Waals surface area contributed by atoms with Crippen molar-refractivity contribution in [2.24, 2.45) is 0 Å². The third-order valence-electron chi connectivity index (χ3n) is 4.10. The topological polar surface area (TPSA) is 56.1 Å². The molecule has 1 aliphatic rings. The maximum Gasteiger partial charge on any atom is 0.220 e. The second-order valence-corrected chi connectivity index (χ2v) is 5.65. The van der Waals surface area contributed by atoms with Crippen LogP contribution in [-0.2, 0) is 24.2 Å². The molecule has 5 nitrogen and oxygen atoms in total. The summed E-state index contributed by atoms with van der Waals surface area (Å²) in [6.45, 7) is 0.823. The lowest BCUT2D eigenvalue weighted by molar-refractivity contribution is -0.122.